The van der Waals surface area contributed by atoms with Gasteiger partial charge in [0.1, 0.15) is 4.21 Å². The third kappa shape index (κ3) is 3.68. The molecule has 2 rings (SSSR count). The third-order valence-corrected chi connectivity index (χ3v) is 6.62. The Kier molecular flexibility index (Phi) is 5.10. The molecule has 0 bridgehead atoms. The Hall–Kier alpha value is -1.28. The molecule has 1 N–H and O–H groups in total. The molecule has 0 saturated heterocycles. The summed E-state index contributed by atoms with van der Waals surface area (Å²) in [6.45, 7) is 3.83. The average molecular weight is 326 g/mol. The summed E-state index contributed by atoms with van der Waals surface area (Å²) in [4.78, 5) is 4.97. The number of nitrogens with zero attached hydrogens (tertiary/aromatic N) is 2. The molecule has 0 spiro atoms. The summed E-state index contributed by atoms with van der Waals surface area (Å²) in [5.74, 6) is 0. The zero-order valence-electron chi connectivity index (χ0n) is 12.0. The normalized spacial score (nSPS) is 12.0. The summed E-state index contributed by atoms with van der Waals surface area (Å²) < 4.78 is 27.0. The first-order valence-corrected chi connectivity index (χ1v) is 8.77. The fourth-order valence-corrected chi connectivity index (χ4v) is 4.98. The van der Waals surface area contributed by atoms with E-state index in [4.69, 9.17) is 5.11 Å². The van der Waals surface area contributed by atoms with Gasteiger partial charge in [-0.1, -0.05) is 6.07 Å². The molecular formula is C14H18N2O3S2. The van der Waals surface area contributed by atoms with Gasteiger partial charge in [0.2, 0.25) is 0 Å². The topological polar surface area (TPSA) is 70.5 Å². The highest BCUT2D eigenvalue weighted by atomic mass is 32.2. The lowest BCUT2D eigenvalue weighted by Crippen LogP contribution is -2.32. The molecule has 2 heterocycles. The van der Waals surface area contributed by atoms with Crippen LogP contribution in [0.1, 0.15) is 16.0 Å². The summed E-state index contributed by atoms with van der Waals surface area (Å²) in [6.07, 6.45) is 3.27. The number of aliphatic hydroxyl groups excluding tert-OH is 1. The summed E-state index contributed by atoms with van der Waals surface area (Å²) >= 11 is 1.26. The van der Waals surface area contributed by atoms with Crippen LogP contribution in [0.25, 0.3) is 0 Å². The van der Waals surface area contributed by atoms with E-state index < -0.39 is 10.0 Å². The molecule has 114 valence electrons. The van der Waals surface area contributed by atoms with Crippen LogP contribution in [0.3, 0.4) is 0 Å². The number of hydrogen-bond acceptors (Lipinski definition) is 5. The lowest BCUT2D eigenvalue weighted by atomic mass is 10.3. The predicted octanol–water partition coefficient (Wildman–Crippen LogP) is 1.94. The first kappa shape index (κ1) is 16.1. The molecule has 0 radical (unpaired) electrons. The van der Waals surface area contributed by atoms with Gasteiger partial charge in [-0.15, -0.1) is 11.3 Å². The van der Waals surface area contributed by atoms with E-state index in [1.54, 1.807) is 24.5 Å². The van der Waals surface area contributed by atoms with Crippen molar-refractivity contribution in [3.05, 3.63) is 46.6 Å². The zero-order valence-corrected chi connectivity index (χ0v) is 13.6. The summed E-state index contributed by atoms with van der Waals surface area (Å²) in [5, 5.41) is 9.17. The van der Waals surface area contributed by atoms with Crippen molar-refractivity contribution in [3.8, 4) is 0 Å². The molecule has 0 aliphatic rings. The van der Waals surface area contributed by atoms with E-state index >= 15 is 0 Å². The van der Waals surface area contributed by atoms with Crippen LogP contribution in [0.15, 0.2) is 34.8 Å². The lowest BCUT2D eigenvalue weighted by Gasteiger charge is -2.20. The Bertz CT molecular complexity index is 677. The van der Waals surface area contributed by atoms with Crippen molar-refractivity contribution in [2.45, 2.75) is 24.6 Å². The molecule has 5 nitrogen and oxygen atoms in total. The first-order chi connectivity index (χ1) is 9.95. The summed E-state index contributed by atoms with van der Waals surface area (Å²) in [5.41, 5.74) is 1.75. The van der Waals surface area contributed by atoms with Crippen LogP contribution >= 0.6 is 11.3 Å². The highest BCUT2D eigenvalue weighted by molar-refractivity contribution is 7.91. The molecule has 0 fully saturated rings. The molecule has 0 saturated carbocycles. The van der Waals surface area contributed by atoms with E-state index in [9.17, 15) is 8.42 Å². The number of aryl methyl sites for hydroxylation is 2. The van der Waals surface area contributed by atoms with Crippen molar-refractivity contribution < 1.29 is 13.5 Å². The van der Waals surface area contributed by atoms with Crippen molar-refractivity contribution in [1.82, 2.24) is 9.29 Å². The minimum absolute atomic E-state index is 0.0627. The number of pyridine rings is 1. The van der Waals surface area contributed by atoms with E-state index in [1.165, 1.54) is 15.6 Å². The molecule has 0 aromatic carbocycles. The highest BCUT2D eigenvalue weighted by Gasteiger charge is 2.26. The molecule has 0 unspecified atom stereocenters. The van der Waals surface area contributed by atoms with Gasteiger partial charge in [-0.2, -0.15) is 4.31 Å². The molecule has 2 aromatic heterocycles. The molecule has 0 aliphatic heterocycles. The Morgan fingerprint density at radius 3 is 2.67 bits per heavy atom. The second-order valence-electron chi connectivity index (χ2n) is 4.73. The summed E-state index contributed by atoms with van der Waals surface area (Å²) in [6, 6.07) is 5.26. The van der Waals surface area contributed by atoms with Crippen molar-refractivity contribution in [2.75, 3.05) is 13.2 Å². The van der Waals surface area contributed by atoms with Gasteiger partial charge in [-0.05, 0) is 37.1 Å². The van der Waals surface area contributed by atoms with Crippen LogP contribution in [0.2, 0.25) is 0 Å². The number of hydrogen-bond donors (Lipinski definition) is 1. The van der Waals surface area contributed by atoms with Crippen LogP contribution in [-0.2, 0) is 16.6 Å². The van der Waals surface area contributed by atoms with E-state index in [1.807, 2.05) is 19.9 Å². The largest absolute Gasteiger partial charge is 0.395 e. The third-order valence-electron chi connectivity index (χ3n) is 3.17. The molecular weight excluding hydrogens is 308 g/mol. The fourth-order valence-electron chi connectivity index (χ4n) is 1.88. The maximum absolute atomic E-state index is 12.7. The van der Waals surface area contributed by atoms with Gasteiger partial charge >= 0.3 is 0 Å². The smallest absolute Gasteiger partial charge is 0.252 e. The fraction of sp³-hybridized carbons (Fsp3) is 0.357. The molecule has 0 aliphatic carbocycles. The Morgan fingerprint density at radius 1 is 1.38 bits per heavy atom. The van der Waals surface area contributed by atoms with Crippen molar-refractivity contribution in [1.29, 1.82) is 0 Å². The molecule has 21 heavy (non-hydrogen) atoms. The monoisotopic (exact) mass is 326 g/mol. The van der Waals surface area contributed by atoms with Gasteiger partial charge in [0.15, 0.2) is 0 Å². The van der Waals surface area contributed by atoms with Gasteiger partial charge in [0, 0.05) is 30.4 Å². The average Bonchev–Trinajstić information content (AvgIpc) is 2.80. The molecule has 2 aromatic rings. The minimum Gasteiger partial charge on any atom is -0.395 e. The van der Waals surface area contributed by atoms with Gasteiger partial charge < -0.3 is 5.11 Å². The molecule has 0 amide bonds. The summed E-state index contributed by atoms with van der Waals surface area (Å²) in [7, 11) is -3.60. The number of aliphatic hydroxyl groups is 1. The maximum Gasteiger partial charge on any atom is 0.252 e. The second-order valence-corrected chi connectivity index (χ2v) is 8.15. The molecule has 7 heteroatoms. The zero-order chi connectivity index (χ0) is 15.5. The van der Waals surface area contributed by atoms with Crippen LogP contribution in [0.4, 0.5) is 0 Å². The maximum atomic E-state index is 12.7. The number of thiophene rings is 1. The van der Waals surface area contributed by atoms with Crippen molar-refractivity contribution in [3.63, 3.8) is 0 Å². The van der Waals surface area contributed by atoms with Crippen LogP contribution in [0.5, 0.6) is 0 Å². The minimum atomic E-state index is -3.60. The number of rotatable bonds is 6. The van der Waals surface area contributed by atoms with E-state index in [0.29, 0.717) is 4.21 Å². The van der Waals surface area contributed by atoms with Gasteiger partial charge in [-0.25, -0.2) is 8.42 Å². The van der Waals surface area contributed by atoms with Crippen molar-refractivity contribution >= 4 is 21.4 Å². The highest BCUT2D eigenvalue weighted by Crippen LogP contribution is 2.28. The first-order valence-electron chi connectivity index (χ1n) is 6.52. The van der Waals surface area contributed by atoms with Crippen LogP contribution in [-0.4, -0.2) is 36.0 Å². The van der Waals surface area contributed by atoms with Gasteiger partial charge in [0.05, 0.1) is 6.61 Å². The standard InChI is InChI=1S/C14H18N2O3S2/c1-11-8-14(20-12(11)2)21(18,19)16(6-7-17)10-13-4-3-5-15-9-13/h3-5,8-9,17H,6-7,10H2,1-2H3. The van der Waals surface area contributed by atoms with E-state index in [2.05, 4.69) is 4.98 Å². The van der Waals surface area contributed by atoms with E-state index in [0.717, 1.165) is 16.0 Å². The van der Waals surface area contributed by atoms with Crippen LogP contribution < -0.4 is 0 Å². The van der Waals surface area contributed by atoms with Crippen molar-refractivity contribution in [2.24, 2.45) is 0 Å². The Labute approximate surface area is 128 Å². The van der Waals surface area contributed by atoms with Gasteiger partial charge in [0.25, 0.3) is 10.0 Å². The van der Waals surface area contributed by atoms with E-state index in [-0.39, 0.29) is 19.7 Å². The molecule has 0 atom stereocenters. The SMILES string of the molecule is Cc1cc(S(=O)(=O)N(CCO)Cc2cccnc2)sc1C. The Balaban J connectivity index is 2.32. The predicted molar refractivity (Wildman–Crippen MR) is 82.7 cm³/mol. The van der Waals surface area contributed by atoms with Gasteiger partial charge in [-0.3, -0.25) is 4.98 Å². The number of aromatic nitrogens is 1. The number of sulfonamides is 1. The second kappa shape index (κ2) is 6.65. The quantitative estimate of drug-likeness (QED) is 0.881. The Morgan fingerprint density at radius 2 is 2.14 bits per heavy atom. The van der Waals surface area contributed by atoms with Crippen LogP contribution in [0, 0.1) is 13.8 Å². The lowest BCUT2D eigenvalue weighted by molar-refractivity contribution is 0.251.